The Bertz CT molecular complexity index is 67.3. The van der Waals surface area contributed by atoms with Crippen molar-refractivity contribution in [1.29, 1.82) is 0 Å². The van der Waals surface area contributed by atoms with Gasteiger partial charge < -0.3 is 0 Å². The van der Waals surface area contributed by atoms with Crippen molar-refractivity contribution < 1.29 is 0 Å². The highest BCUT2D eigenvalue weighted by atomic mass is 35.5. The molecular weight excluding hydrogens is 154 g/mol. The molecule has 0 radical (unpaired) electrons. The molecule has 0 fully saturated rings. The van der Waals surface area contributed by atoms with Crippen LogP contribution in [0.4, 0.5) is 0 Å². The molecule has 0 rings (SSSR count). The molecular formula is C4H5Cl3. The Balaban J connectivity index is 3.29. The molecule has 0 bridgehead atoms. The third-order valence-electron chi connectivity index (χ3n) is 0.426. The van der Waals surface area contributed by atoms with Crippen LogP contribution in [0.5, 0.6) is 0 Å². The van der Waals surface area contributed by atoms with E-state index in [1.807, 2.05) is 0 Å². The van der Waals surface area contributed by atoms with Gasteiger partial charge in [-0.25, -0.2) is 0 Å². The molecule has 0 atom stereocenters. The maximum atomic E-state index is 5.41. The first-order valence-electron chi connectivity index (χ1n) is 1.77. The number of hydrogen-bond acceptors (Lipinski definition) is 0. The summed E-state index contributed by atoms with van der Waals surface area (Å²) in [4.78, 5) is 0. The van der Waals surface area contributed by atoms with Gasteiger partial charge >= 0.3 is 0 Å². The van der Waals surface area contributed by atoms with Gasteiger partial charge in [-0.05, 0) is 0 Å². The van der Waals surface area contributed by atoms with Crippen LogP contribution < -0.4 is 0 Å². The van der Waals surface area contributed by atoms with E-state index in [-0.39, 0.29) is 0 Å². The van der Waals surface area contributed by atoms with E-state index in [2.05, 4.69) is 0 Å². The molecule has 3 heteroatoms. The zero-order valence-corrected chi connectivity index (χ0v) is 5.89. The fourth-order valence-electron chi connectivity index (χ4n) is 0.138. The van der Waals surface area contributed by atoms with Gasteiger partial charge in [-0.1, -0.05) is 17.7 Å². The van der Waals surface area contributed by atoms with Gasteiger partial charge in [0.2, 0.25) is 0 Å². The summed E-state index contributed by atoms with van der Waals surface area (Å²) in [5.74, 6) is 0.791. The maximum absolute atomic E-state index is 5.41. The van der Waals surface area contributed by atoms with Crippen molar-refractivity contribution >= 4 is 34.8 Å². The lowest BCUT2D eigenvalue weighted by molar-refractivity contribution is 1.60. The third kappa shape index (κ3) is 4.46. The Morgan fingerprint density at radius 1 is 1.43 bits per heavy atom. The van der Waals surface area contributed by atoms with E-state index >= 15 is 0 Å². The summed E-state index contributed by atoms with van der Waals surface area (Å²) in [5, 5.41) is 0.608. The second-order valence-electron chi connectivity index (χ2n) is 0.939. The molecule has 0 nitrogen and oxygen atoms in total. The van der Waals surface area contributed by atoms with E-state index in [0.717, 1.165) is 0 Å². The summed E-state index contributed by atoms with van der Waals surface area (Å²) in [6, 6.07) is 0. The predicted molar refractivity (Wildman–Crippen MR) is 35.4 cm³/mol. The highest BCUT2D eigenvalue weighted by Crippen LogP contribution is 2.02. The first-order valence-corrected chi connectivity index (χ1v) is 3.22. The van der Waals surface area contributed by atoms with Crippen LogP contribution in [-0.2, 0) is 0 Å². The fourth-order valence-corrected chi connectivity index (χ4v) is 0.590. The summed E-state index contributed by atoms with van der Waals surface area (Å²) in [5.41, 5.74) is 0. The summed E-state index contributed by atoms with van der Waals surface area (Å²) in [7, 11) is 0. The van der Waals surface area contributed by atoms with Gasteiger partial charge in [-0.15, -0.1) is 23.2 Å². The highest BCUT2D eigenvalue weighted by molar-refractivity contribution is 6.36. The molecule has 0 aliphatic carbocycles. The lowest BCUT2D eigenvalue weighted by atomic mass is 10.6. The van der Waals surface area contributed by atoms with E-state index in [0.29, 0.717) is 16.8 Å². The lowest BCUT2D eigenvalue weighted by Gasteiger charge is -1.82. The number of alkyl halides is 2. The van der Waals surface area contributed by atoms with Crippen LogP contribution in [-0.4, -0.2) is 11.8 Å². The average molecular weight is 159 g/mol. The molecule has 0 saturated heterocycles. The molecule has 42 valence electrons. The summed E-state index contributed by atoms with van der Waals surface area (Å²) < 4.78 is 0. The maximum Gasteiger partial charge on any atom is 0.0579 e. The third-order valence-corrected chi connectivity index (χ3v) is 1.29. The molecule has 0 aliphatic rings. The SMILES string of the molecule is ClC/C=C(/Cl)CCl. The Hall–Kier alpha value is 0.610. The Morgan fingerprint density at radius 2 is 2.00 bits per heavy atom. The minimum absolute atomic E-state index is 0.355. The van der Waals surface area contributed by atoms with Crippen LogP contribution in [0.2, 0.25) is 0 Å². The van der Waals surface area contributed by atoms with Crippen LogP contribution in [0.15, 0.2) is 11.1 Å². The second kappa shape index (κ2) is 4.76. The summed E-state index contributed by atoms with van der Waals surface area (Å²) in [6.45, 7) is 0. The lowest BCUT2D eigenvalue weighted by Crippen LogP contribution is -1.71. The monoisotopic (exact) mass is 158 g/mol. The standard InChI is InChI=1S/C4H5Cl3/c5-2-1-4(7)3-6/h1H,2-3H2/b4-1+. The van der Waals surface area contributed by atoms with Crippen molar-refractivity contribution in [2.75, 3.05) is 11.8 Å². The van der Waals surface area contributed by atoms with E-state index in [9.17, 15) is 0 Å². The van der Waals surface area contributed by atoms with E-state index in [4.69, 9.17) is 34.8 Å². The van der Waals surface area contributed by atoms with Crippen LogP contribution in [0, 0.1) is 0 Å². The summed E-state index contributed by atoms with van der Waals surface area (Å²) >= 11 is 15.9. The normalized spacial score (nSPS) is 12.1. The van der Waals surface area contributed by atoms with Crippen LogP contribution in [0.1, 0.15) is 0 Å². The minimum Gasteiger partial charge on any atom is -0.122 e. The molecule has 0 heterocycles. The van der Waals surface area contributed by atoms with E-state index < -0.39 is 0 Å². The largest absolute Gasteiger partial charge is 0.122 e. The smallest absolute Gasteiger partial charge is 0.0579 e. The van der Waals surface area contributed by atoms with Crippen LogP contribution >= 0.6 is 34.8 Å². The quantitative estimate of drug-likeness (QED) is 0.543. The van der Waals surface area contributed by atoms with Crippen molar-refractivity contribution in [1.82, 2.24) is 0 Å². The van der Waals surface area contributed by atoms with Gasteiger partial charge in [0.25, 0.3) is 0 Å². The van der Waals surface area contributed by atoms with Gasteiger partial charge in [0.05, 0.1) is 5.88 Å². The number of rotatable bonds is 2. The molecule has 0 spiro atoms. The highest BCUT2D eigenvalue weighted by Gasteiger charge is 1.82. The molecule has 7 heavy (non-hydrogen) atoms. The Labute approximate surface area is 58.1 Å². The van der Waals surface area contributed by atoms with Crippen molar-refractivity contribution in [2.24, 2.45) is 0 Å². The van der Waals surface area contributed by atoms with Crippen molar-refractivity contribution in [2.45, 2.75) is 0 Å². The van der Waals surface area contributed by atoms with Gasteiger partial charge in [0.15, 0.2) is 0 Å². The number of hydrogen-bond donors (Lipinski definition) is 0. The topological polar surface area (TPSA) is 0 Å². The van der Waals surface area contributed by atoms with E-state index in [1.165, 1.54) is 0 Å². The van der Waals surface area contributed by atoms with Crippen molar-refractivity contribution in [3.63, 3.8) is 0 Å². The molecule has 0 unspecified atom stereocenters. The molecule has 0 saturated carbocycles. The minimum atomic E-state index is 0.355. The Kier molecular flexibility index (Phi) is 5.18. The van der Waals surface area contributed by atoms with Crippen molar-refractivity contribution in [3.8, 4) is 0 Å². The first kappa shape index (κ1) is 7.61. The van der Waals surface area contributed by atoms with Gasteiger partial charge in [-0.2, -0.15) is 0 Å². The summed E-state index contributed by atoms with van der Waals surface area (Å²) in [6.07, 6.45) is 1.66. The molecule has 0 aromatic rings. The first-order chi connectivity index (χ1) is 3.31. The van der Waals surface area contributed by atoms with Gasteiger partial charge in [-0.3, -0.25) is 0 Å². The number of halogens is 3. The number of allylic oxidation sites excluding steroid dienone is 2. The zero-order valence-electron chi connectivity index (χ0n) is 3.63. The molecule has 0 amide bonds. The zero-order chi connectivity index (χ0) is 5.70. The Morgan fingerprint density at radius 3 is 2.14 bits per heavy atom. The van der Waals surface area contributed by atoms with E-state index in [1.54, 1.807) is 6.08 Å². The van der Waals surface area contributed by atoms with Gasteiger partial charge in [0.1, 0.15) is 0 Å². The van der Waals surface area contributed by atoms with Crippen LogP contribution in [0.25, 0.3) is 0 Å². The van der Waals surface area contributed by atoms with Crippen molar-refractivity contribution in [3.05, 3.63) is 11.1 Å². The predicted octanol–water partition coefficient (Wildman–Crippen LogP) is 2.59. The molecule has 0 N–H and O–H groups in total. The molecule has 0 aromatic heterocycles. The second-order valence-corrected chi connectivity index (χ2v) is 2.00. The fraction of sp³-hybridized carbons (Fsp3) is 0.500. The van der Waals surface area contributed by atoms with Gasteiger partial charge in [0, 0.05) is 10.9 Å². The molecule has 0 aliphatic heterocycles. The average Bonchev–Trinajstić information content (AvgIpc) is 1.68. The molecule has 0 aromatic carbocycles. The van der Waals surface area contributed by atoms with Crippen LogP contribution in [0.3, 0.4) is 0 Å².